The summed E-state index contributed by atoms with van der Waals surface area (Å²) in [4.78, 5) is 25.5. The van der Waals surface area contributed by atoms with Crippen molar-refractivity contribution >= 4 is 164 Å². The fourth-order valence-electron chi connectivity index (χ4n) is 5.88. The van der Waals surface area contributed by atoms with Crippen molar-refractivity contribution in [2.75, 3.05) is 65.9 Å². The second-order valence-corrected chi connectivity index (χ2v) is 27.1. The molecule has 0 saturated carbocycles. The number of azo groups is 2. The molecule has 1 amide bonds. The summed E-state index contributed by atoms with van der Waals surface area (Å²) in [7, 11) is -8.51. The van der Waals surface area contributed by atoms with Gasteiger partial charge in [0.1, 0.15) is 43.0 Å². The number of carbonyl (C=O) groups excluding carboxylic acids is 1. The van der Waals surface area contributed by atoms with E-state index in [2.05, 4.69) is 79.3 Å². The van der Waals surface area contributed by atoms with Gasteiger partial charge in [-0.25, -0.2) is 25.3 Å². The Morgan fingerprint density at radius 1 is 0.776 bits per heavy atom. The average molecular weight is 1400 g/mol. The van der Waals surface area contributed by atoms with Crippen molar-refractivity contribution in [1.29, 1.82) is 0.594 Å². The van der Waals surface area contributed by atoms with E-state index < -0.39 is 97.0 Å². The Hall–Kier alpha value is -2.35. The first kappa shape index (κ1) is 67.9. The number of hydrogen-bond acceptors (Lipinski definition) is 25. The first-order chi connectivity index (χ1) is 34.6. The van der Waals surface area contributed by atoms with Gasteiger partial charge in [0.25, 0.3) is 5.91 Å². The molecule has 0 atom stereocenters. The van der Waals surface area contributed by atoms with Crippen LogP contribution in [0.3, 0.4) is 0 Å². The number of nitrogens with two attached hydrogens (primary N) is 2. The first-order valence-electron chi connectivity index (χ1n) is 20.3. The van der Waals surface area contributed by atoms with Crippen molar-refractivity contribution in [1.82, 2.24) is 19.4 Å². The zero-order valence-electron chi connectivity index (χ0n) is 42.0. The van der Waals surface area contributed by atoms with Gasteiger partial charge < -0.3 is 41.8 Å². The van der Waals surface area contributed by atoms with Crippen LogP contribution in [0.1, 0.15) is 10.4 Å². The molecule has 0 radical (unpaired) electrons. The summed E-state index contributed by atoms with van der Waals surface area (Å²) in [6, 6.07) is 21.9. The van der Waals surface area contributed by atoms with Gasteiger partial charge in [-0.05, 0) is 84.4 Å². The minimum Gasteiger partial charge on any atom is 1.00 e. The molecule has 76 heavy (non-hydrogen) atoms. The van der Waals surface area contributed by atoms with Gasteiger partial charge >= 0.3 is 130 Å². The molecule has 0 fully saturated rings. The fourth-order valence-corrected chi connectivity index (χ4v) is 8.70. The van der Waals surface area contributed by atoms with E-state index in [9.17, 15) is 44.4 Å². The number of anilines is 7. The molecule has 26 nitrogen and oxygen atoms in total. The molecule has 0 unspecified atom stereocenters. The smallest absolute Gasteiger partial charge is 1.00 e. The standard InChI is InChI=1S/C39H38ClN13O13S4.CH4I2.3Na/c1-53(2,3)27-13-10-23(11-14-27)44-38-46-37(40)47-39(48-38)45-25-12-15-31(69(58,59)60)29(20-25)50-51-30-21-32(70(61,62)63)34(42)35(33(30)41)52-49-26-8-4-6-22(18-26)36(54)43-24-7-5-9-28(19-24)68(56,57)17-16-64-67-66-65-55;1-3-2;;;/h4-15,18-21H,16-17,41-42H2,1-3H3,(H5-,43,44,45,46,47,48,54,55,58,59,60,61,62,63);3H,1H3;;;/q;;3*+1/p-2/i;3T;;;. The molecule has 6 rings (SSSR count). The Morgan fingerprint density at radius 2 is 1.37 bits per heavy atom. The number of rotatable bonds is 20. The molecular weight excluding hydrogens is 1360 g/mol. The van der Waals surface area contributed by atoms with Crippen LogP contribution in [0.2, 0.25) is 5.28 Å². The van der Waals surface area contributed by atoms with Gasteiger partial charge in [0.15, 0.2) is 22.2 Å². The third-order valence-corrected chi connectivity index (χ3v) is 13.2. The number of alkyl halides is 1. The normalized spacial score (nSPS) is 12.0. The zero-order chi connectivity index (χ0) is 54.6. The van der Waals surface area contributed by atoms with E-state index in [1.807, 2.05) is 38.2 Å². The van der Waals surface area contributed by atoms with E-state index in [4.69, 9.17) is 27.8 Å². The van der Waals surface area contributed by atoms with Crippen LogP contribution in [0.15, 0.2) is 132 Å². The summed E-state index contributed by atoms with van der Waals surface area (Å²) in [5, 5.41) is 36.8. The van der Waals surface area contributed by atoms with Gasteiger partial charge in [-0.1, -0.05) is 12.1 Å². The molecule has 36 heteroatoms. The van der Waals surface area contributed by atoms with E-state index in [0.29, 0.717) is 16.2 Å². The average Bonchev–Trinajstić information content (AvgIpc) is 3.30. The number of nitrogen functional groups attached to an aromatic ring is 2. The number of halogens is 3. The van der Waals surface area contributed by atoms with Gasteiger partial charge in [-0.2, -0.15) is 20.1 Å². The molecule has 0 bridgehead atoms. The zero-order valence-corrected chi connectivity index (χ0v) is 55.3. The molecule has 390 valence electrons. The van der Waals surface area contributed by atoms with E-state index in [-0.39, 0.29) is 152 Å². The summed E-state index contributed by atoms with van der Waals surface area (Å²) in [6.07, 6.45) is 0. The molecule has 6 aromatic rings. The van der Waals surface area contributed by atoms with Crippen molar-refractivity contribution < 1.29 is 147 Å². The van der Waals surface area contributed by atoms with Gasteiger partial charge in [0.2, 0.25) is 17.2 Å². The molecule has 0 aliphatic carbocycles. The van der Waals surface area contributed by atoms with Crippen molar-refractivity contribution in [2.45, 2.75) is 14.7 Å². The van der Waals surface area contributed by atoms with Crippen molar-refractivity contribution in [3.8, 4) is 0 Å². The van der Waals surface area contributed by atoms with E-state index in [1.54, 1.807) is 12.1 Å². The summed E-state index contributed by atoms with van der Waals surface area (Å²) >= 11 is 7.45. The maximum Gasteiger partial charge on any atom is 1.00 e. The van der Waals surface area contributed by atoms with Crippen LogP contribution < -0.4 is 126 Å². The molecule has 1 heterocycles. The Balaban J connectivity index is 0.00000280. The quantitative estimate of drug-likeness (QED) is 0.00497. The Kier molecular flexibility index (Phi) is 28.2. The van der Waals surface area contributed by atoms with Crippen LogP contribution in [-0.2, 0) is 43.6 Å². The van der Waals surface area contributed by atoms with Crippen LogP contribution >= 0.6 is 59.6 Å². The number of hydrogen-bond donors (Lipinski definition) is 5. The number of benzene rings is 5. The van der Waals surface area contributed by atoms with Crippen LogP contribution in [0, 0.1) is 0 Å². The number of aromatic nitrogens is 3. The van der Waals surface area contributed by atoms with E-state index >= 15 is 0 Å². The van der Waals surface area contributed by atoms with Crippen LogP contribution in [-0.4, -0.2) is 94.2 Å². The number of carbonyl (C=O) groups is 1. The summed E-state index contributed by atoms with van der Waals surface area (Å²) in [5.74, 6) is -1.33. The summed E-state index contributed by atoms with van der Waals surface area (Å²) < 4.78 is 116. The first-order valence-corrected chi connectivity index (χ1v) is 33.9. The van der Waals surface area contributed by atoms with Crippen LogP contribution in [0.4, 0.5) is 68.8 Å². The van der Waals surface area contributed by atoms with Gasteiger partial charge in [0, 0.05) is 34.8 Å². The van der Waals surface area contributed by atoms with Crippen molar-refractivity contribution in [3.05, 3.63) is 108 Å². The number of nitrogens with zero attached hydrogens (tertiary/aromatic N) is 8. The molecule has 5 aromatic carbocycles. The van der Waals surface area contributed by atoms with E-state index in [1.165, 1.54) is 54.6 Å². The maximum absolute atomic E-state index is 13.2. The number of sulfone groups is 1. The van der Waals surface area contributed by atoms with Crippen molar-refractivity contribution in [2.24, 2.45) is 20.5 Å². The van der Waals surface area contributed by atoms with Gasteiger partial charge in [-0.15, -0.1) is 19.7 Å². The monoisotopic (exact) mass is 1400 g/mol. The summed E-state index contributed by atoms with van der Waals surface area (Å²) in [6.45, 7) is -0.369. The number of nitrogens with one attached hydrogen (secondary N) is 3. The second kappa shape index (κ2) is 31.6. The largest absolute Gasteiger partial charge is 1.00 e. The van der Waals surface area contributed by atoms with Crippen LogP contribution in [0.5, 0.6) is 0 Å². The molecule has 0 aliphatic rings. The Bertz CT molecular complexity index is 3440. The molecule has 7 N–H and O–H groups in total. The third kappa shape index (κ3) is 21.0. The fraction of sp³-hybridized carbons (Fsp3) is 0.150. The van der Waals surface area contributed by atoms with Gasteiger partial charge in [0.05, 0.1) is 65.3 Å². The second-order valence-electron chi connectivity index (χ2n) is 15.1. The number of quaternary nitrogens is 1. The molecule has 0 saturated heterocycles. The summed E-state index contributed by atoms with van der Waals surface area (Å²) in [5.41, 5.74) is 11.0. The predicted octanol–water partition coefficient (Wildman–Crippen LogP) is -1.48. The number of amides is 1. The van der Waals surface area contributed by atoms with Crippen molar-refractivity contribution in [3.63, 3.8) is 0 Å². The molecular formula is C40H40ClI2N13Na3O13S4+. The van der Waals surface area contributed by atoms with Crippen LogP contribution in [0.25, 0.3) is 0 Å². The third-order valence-electron chi connectivity index (χ3n) is 9.21. The molecule has 1 aromatic heterocycles. The Labute approximate surface area is 532 Å². The SMILES string of the molecule is C[N+](C)(C)c1ccc(Nc2nc(Cl)nc(Nc3ccc(S(=O)(=O)[O-])c(N=Nc4cc(S(=O)(=O)[O-])c(N)c(N=Nc5cccc(C(=O)Nc6cccc(S(=O)(=O)CCOSOO[O-])c6)c5)c4N)c3)n2)cc1.[3H]I(C)I.[Na+].[Na+].[Na+]. The minimum atomic E-state index is -5.38. The topological polar surface area (TPSA) is 393 Å². The molecule has 0 aliphatic heterocycles. The minimum absolute atomic E-state index is 0. The molecule has 0 spiro atoms. The van der Waals surface area contributed by atoms with E-state index in [0.717, 1.165) is 17.8 Å². The Morgan fingerprint density at radius 3 is 1.97 bits per heavy atom. The predicted molar refractivity (Wildman–Crippen MR) is 287 cm³/mol. The maximum atomic E-state index is 13.2. The van der Waals surface area contributed by atoms with Gasteiger partial charge in [-0.3, -0.25) is 18.5 Å².